The molecule has 0 aliphatic carbocycles. The fourth-order valence-corrected chi connectivity index (χ4v) is 3.81. The number of amidine groups is 1. The molecule has 1 fully saturated rings. The van der Waals surface area contributed by atoms with Gasteiger partial charge in [0, 0.05) is 23.7 Å². The van der Waals surface area contributed by atoms with Crippen molar-refractivity contribution in [2.24, 2.45) is 9.51 Å². The molecule has 1 aliphatic rings. The van der Waals surface area contributed by atoms with Gasteiger partial charge in [-0.2, -0.15) is 8.42 Å². The summed E-state index contributed by atoms with van der Waals surface area (Å²) in [6.45, 7) is 2.34. The van der Waals surface area contributed by atoms with E-state index in [1.54, 1.807) is 6.26 Å². The molecule has 0 bridgehead atoms. The Hall–Kier alpha value is -1.74. The highest BCUT2D eigenvalue weighted by molar-refractivity contribution is 8.13. The third kappa shape index (κ3) is 4.14. The molecule has 0 radical (unpaired) electrons. The Bertz CT molecular complexity index is 690. The SMILES string of the molecule is CS/C(=N/S(=O)(=O)c1ccc(N=[N+]=[N-])cc1)N1CCOCC1. The van der Waals surface area contributed by atoms with E-state index in [2.05, 4.69) is 14.4 Å². The zero-order valence-electron chi connectivity index (χ0n) is 11.9. The summed E-state index contributed by atoms with van der Waals surface area (Å²) >= 11 is 1.28. The van der Waals surface area contributed by atoms with Crippen molar-refractivity contribution in [2.75, 3.05) is 32.6 Å². The van der Waals surface area contributed by atoms with Gasteiger partial charge in [-0.25, -0.2) is 0 Å². The molecule has 1 aromatic carbocycles. The standard InChI is InChI=1S/C12H15N5O3S2/c1-21-12(17-6-8-20-9-7-17)15-22(18,19)11-4-2-10(3-5-11)14-16-13/h2-5H,6-9H2,1H3/b15-12+. The van der Waals surface area contributed by atoms with Crippen LogP contribution in [0.15, 0.2) is 38.7 Å². The Labute approximate surface area is 132 Å². The summed E-state index contributed by atoms with van der Waals surface area (Å²) in [6.07, 6.45) is 1.79. The second-order valence-corrected chi connectivity index (χ2v) is 6.71. The van der Waals surface area contributed by atoms with E-state index in [1.165, 1.54) is 36.0 Å². The minimum atomic E-state index is -3.80. The van der Waals surface area contributed by atoms with Crippen molar-refractivity contribution in [3.05, 3.63) is 34.7 Å². The molecule has 22 heavy (non-hydrogen) atoms. The molecule has 1 aromatic rings. The van der Waals surface area contributed by atoms with Crippen molar-refractivity contribution < 1.29 is 13.2 Å². The molecule has 0 saturated carbocycles. The van der Waals surface area contributed by atoms with Crippen LogP contribution in [-0.2, 0) is 14.8 Å². The van der Waals surface area contributed by atoms with Gasteiger partial charge in [0.1, 0.15) is 0 Å². The van der Waals surface area contributed by atoms with Crippen molar-refractivity contribution >= 4 is 32.6 Å². The highest BCUT2D eigenvalue weighted by atomic mass is 32.2. The van der Waals surface area contributed by atoms with Gasteiger partial charge < -0.3 is 9.64 Å². The third-order valence-electron chi connectivity index (χ3n) is 2.96. The summed E-state index contributed by atoms with van der Waals surface area (Å²) < 4.78 is 33.9. The van der Waals surface area contributed by atoms with E-state index in [-0.39, 0.29) is 4.90 Å². The maximum absolute atomic E-state index is 12.4. The van der Waals surface area contributed by atoms with E-state index < -0.39 is 10.0 Å². The lowest BCUT2D eigenvalue weighted by Gasteiger charge is -2.28. The van der Waals surface area contributed by atoms with Crippen LogP contribution in [0.3, 0.4) is 0 Å². The molecule has 8 nitrogen and oxygen atoms in total. The Kier molecular flexibility index (Phi) is 5.67. The van der Waals surface area contributed by atoms with Crippen LogP contribution >= 0.6 is 11.8 Å². The maximum Gasteiger partial charge on any atom is 0.284 e. The normalized spacial score (nSPS) is 16.2. The molecule has 0 unspecified atom stereocenters. The molecule has 0 atom stereocenters. The Morgan fingerprint density at radius 3 is 2.50 bits per heavy atom. The first-order valence-electron chi connectivity index (χ1n) is 6.43. The lowest BCUT2D eigenvalue weighted by Crippen LogP contribution is -2.39. The van der Waals surface area contributed by atoms with E-state index in [0.29, 0.717) is 37.2 Å². The lowest BCUT2D eigenvalue weighted by atomic mass is 10.3. The van der Waals surface area contributed by atoms with Crippen molar-refractivity contribution in [1.29, 1.82) is 0 Å². The lowest BCUT2D eigenvalue weighted by molar-refractivity contribution is 0.0694. The average Bonchev–Trinajstić information content (AvgIpc) is 2.54. The van der Waals surface area contributed by atoms with Gasteiger partial charge in [-0.15, -0.1) is 4.40 Å². The number of rotatable bonds is 3. The molecule has 0 amide bonds. The Balaban J connectivity index is 2.27. The van der Waals surface area contributed by atoms with Crippen molar-refractivity contribution in [3.8, 4) is 0 Å². The summed E-state index contributed by atoms with van der Waals surface area (Å²) in [5.74, 6) is 0. The van der Waals surface area contributed by atoms with E-state index in [4.69, 9.17) is 10.3 Å². The monoisotopic (exact) mass is 341 g/mol. The molecule has 118 valence electrons. The number of thioether (sulfide) groups is 1. The first-order valence-corrected chi connectivity index (χ1v) is 9.10. The van der Waals surface area contributed by atoms with Gasteiger partial charge in [-0.3, -0.25) is 0 Å². The minimum Gasteiger partial charge on any atom is -0.378 e. The Morgan fingerprint density at radius 1 is 1.32 bits per heavy atom. The van der Waals surface area contributed by atoms with Crippen LogP contribution in [-0.4, -0.2) is 51.0 Å². The molecule has 0 aromatic heterocycles. The van der Waals surface area contributed by atoms with Crippen molar-refractivity contribution in [2.45, 2.75) is 4.90 Å². The average molecular weight is 341 g/mol. The molecule has 0 spiro atoms. The van der Waals surface area contributed by atoms with Crippen molar-refractivity contribution in [1.82, 2.24) is 4.90 Å². The number of ether oxygens (including phenoxy) is 1. The molecule has 1 saturated heterocycles. The van der Waals surface area contributed by atoms with Crippen LogP contribution in [0.2, 0.25) is 0 Å². The Morgan fingerprint density at radius 2 is 1.95 bits per heavy atom. The number of azide groups is 1. The van der Waals surface area contributed by atoms with E-state index in [9.17, 15) is 8.42 Å². The van der Waals surface area contributed by atoms with Gasteiger partial charge in [0.25, 0.3) is 10.0 Å². The van der Waals surface area contributed by atoms with Crippen LogP contribution in [0.25, 0.3) is 10.4 Å². The van der Waals surface area contributed by atoms with Crippen molar-refractivity contribution in [3.63, 3.8) is 0 Å². The smallest absolute Gasteiger partial charge is 0.284 e. The van der Waals surface area contributed by atoms with Gasteiger partial charge in [0.05, 0.1) is 18.1 Å². The van der Waals surface area contributed by atoms with Gasteiger partial charge in [-0.05, 0) is 23.9 Å². The maximum atomic E-state index is 12.4. The zero-order valence-corrected chi connectivity index (χ0v) is 13.5. The van der Waals surface area contributed by atoms with Crippen LogP contribution in [0.4, 0.5) is 5.69 Å². The quantitative estimate of drug-likeness (QED) is 0.276. The predicted octanol–water partition coefficient (Wildman–Crippen LogP) is 2.37. The molecular formula is C12H15N5O3S2. The van der Waals surface area contributed by atoms with E-state index in [1.807, 2.05) is 4.90 Å². The molecule has 2 rings (SSSR count). The number of hydrogen-bond donors (Lipinski definition) is 0. The second-order valence-electron chi connectivity index (χ2n) is 4.34. The third-order valence-corrected chi connectivity index (χ3v) is 5.07. The second kappa shape index (κ2) is 7.50. The summed E-state index contributed by atoms with van der Waals surface area (Å²) in [5.41, 5.74) is 8.69. The van der Waals surface area contributed by atoms with Gasteiger partial charge >= 0.3 is 0 Å². The summed E-state index contributed by atoms with van der Waals surface area (Å²) in [5, 5.41) is 3.85. The highest BCUT2D eigenvalue weighted by Crippen LogP contribution is 2.20. The van der Waals surface area contributed by atoms with Gasteiger partial charge in [0.2, 0.25) is 0 Å². The first kappa shape index (κ1) is 16.6. The van der Waals surface area contributed by atoms with E-state index >= 15 is 0 Å². The topological polar surface area (TPSA) is 108 Å². The van der Waals surface area contributed by atoms with E-state index in [0.717, 1.165) is 0 Å². The minimum absolute atomic E-state index is 0.0594. The van der Waals surface area contributed by atoms with Crippen LogP contribution in [0.5, 0.6) is 0 Å². The molecular weight excluding hydrogens is 326 g/mol. The number of sulfonamides is 1. The van der Waals surface area contributed by atoms with Gasteiger partial charge in [0.15, 0.2) is 5.17 Å². The van der Waals surface area contributed by atoms with Gasteiger partial charge in [-0.1, -0.05) is 29.0 Å². The fraction of sp³-hybridized carbons (Fsp3) is 0.417. The largest absolute Gasteiger partial charge is 0.378 e. The fourth-order valence-electron chi connectivity index (χ4n) is 1.87. The summed E-state index contributed by atoms with van der Waals surface area (Å²) in [7, 11) is -3.80. The highest BCUT2D eigenvalue weighted by Gasteiger charge is 2.19. The predicted molar refractivity (Wildman–Crippen MR) is 85.8 cm³/mol. The summed E-state index contributed by atoms with van der Waals surface area (Å²) in [4.78, 5) is 4.60. The number of nitrogens with zero attached hydrogens (tertiary/aromatic N) is 5. The number of hydrogen-bond acceptors (Lipinski definition) is 5. The van der Waals surface area contributed by atoms with Crippen LogP contribution < -0.4 is 0 Å². The van der Waals surface area contributed by atoms with Crippen LogP contribution in [0, 0.1) is 0 Å². The molecule has 1 aliphatic heterocycles. The van der Waals surface area contributed by atoms with Crippen LogP contribution in [0.1, 0.15) is 0 Å². The number of morpholine rings is 1. The molecule has 1 heterocycles. The zero-order chi connectivity index (χ0) is 16.0. The summed E-state index contributed by atoms with van der Waals surface area (Å²) in [6, 6.07) is 5.63. The first-order chi connectivity index (χ1) is 10.6. The molecule has 0 N–H and O–H groups in total. The number of benzene rings is 1. The molecule has 10 heteroatoms.